The van der Waals surface area contributed by atoms with E-state index in [0.717, 1.165) is 19.3 Å². The van der Waals surface area contributed by atoms with Gasteiger partial charge in [-0.1, -0.05) is 25.2 Å². The number of fused-ring (bicyclic) bond motifs is 1. The van der Waals surface area contributed by atoms with Gasteiger partial charge in [0.25, 0.3) is 0 Å². The first-order valence-electron chi connectivity index (χ1n) is 4.55. The van der Waals surface area contributed by atoms with Crippen LogP contribution in [0.1, 0.15) is 26.2 Å². The lowest BCUT2D eigenvalue weighted by molar-refractivity contribution is -0.124. The molecule has 1 heteroatoms. The molecule has 12 heavy (non-hydrogen) atoms. The van der Waals surface area contributed by atoms with Crippen molar-refractivity contribution >= 4 is 5.78 Å². The van der Waals surface area contributed by atoms with Crippen molar-refractivity contribution in [3.63, 3.8) is 0 Å². The molecule has 1 saturated carbocycles. The molecule has 0 amide bonds. The Kier molecular flexibility index (Phi) is 1.50. The predicted molar refractivity (Wildman–Crippen MR) is 48.7 cm³/mol. The minimum atomic E-state index is -0.130. The number of carbonyl (C=O) groups is 1. The molecule has 0 spiro atoms. The van der Waals surface area contributed by atoms with Crippen LogP contribution < -0.4 is 0 Å². The van der Waals surface area contributed by atoms with E-state index in [0.29, 0.717) is 11.7 Å². The summed E-state index contributed by atoms with van der Waals surface area (Å²) in [5, 5.41) is 0. The van der Waals surface area contributed by atoms with Crippen molar-refractivity contribution in [3.05, 3.63) is 24.3 Å². The predicted octanol–water partition coefficient (Wildman–Crippen LogP) is 2.49. The van der Waals surface area contributed by atoms with Gasteiger partial charge in [0.15, 0.2) is 5.78 Å². The summed E-state index contributed by atoms with van der Waals surface area (Å²) in [6, 6.07) is 0. The topological polar surface area (TPSA) is 17.1 Å². The first-order valence-corrected chi connectivity index (χ1v) is 4.55. The highest BCUT2D eigenvalue weighted by Gasteiger charge is 2.45. The van der Waals surface area contributed by atoms with Crippen molar-refractivity contribution < 1.29 is 4.79 Å². The van der Waals surface area contributed by atoms with Crippen LogP contribution in [0.15, 0.2) is 24.3 Å². The maximum atomic E-state index is 11.5. The third-order valence-electron chi connectivity index (χ3n) is 3.32. The van der Waals surface area contributed by atoms with E-state index in [1.807, 2.05) is 6.08 Å². The van der Waals surface area contributed by atoms with Gasteiger partial charge in [0, 0.05) is 11.3 Å². The Morgan fingerprint density at radius 3 is 3.08 bits per heavy atom. The van der Waals surface area contributed by atoms with Gasteiger partial charge >= 0.3 is 0 Å². The number of hydrogen-bond donors (Lipinski definition) is 0. The van der Waals surface area contributed by atoms with Gasteiger partial charge in [-0.2, -0.15) is 0 Å². The van der Waals surface area contributed by atoms with Crippen LogP contribution in [0, 0.1) is 11.3 Å². The molecular weight excluding hydrogens is 148 g/mol. The summed E-state index contributed by atoms with van der Waals surface area (Å²) in [6.45, 7) is 6.11. The molecule has 0 aromatic heterocycles. The molecule has 1 fully saturated rings. The number of ketones is 1. The van der Waals surface area contributed by atoms with E-state index in [1.165, 1.54) is 5.57 Å². The number of allylic oxidation sites excluding steroid dienone is 3. The summed E-state index contributed by atoms with van der Waals surface area (Å²) < 4.78 is 0. The Morgan fingerprint density at radius 1 is 1.67 bits per heavy atom. The highest BCUT2D eigenvalue weighted by atomic mass is 16.1. The molecule has 2 atom stereocenters. The normalized spacial score (nSPS) is 40.2. The molecular formula is C11H14O. The van der Waals surface area contributed by atoms with Crippen LogP contribution in [-0.4, -0.2) is 5.78 Å². The van der Waals surface area contributed by atoms with Gasteiger partial charge in [-0.25, -0.2) is 0 Å². The van der Waals surface area contributed by atoms with Crippen LogP contribution in [0.25, 0.3) is 0 Å². The van der Waals surface area contributed by atoms with Crippen LogP contribution in [0.3, 0.4) is 0 Å². The van der Waals surface area contributed by atoms with Gasteiger partial charge in [0.2, 0.25) is 0 Å². The van der Waals surface area contributed by atoms with Crippen molar-refractivity contribution in [3.8, 4) is 0 Å². The number of hydrogen-bond acceptors (Lipinski definition) is 1. The van der Waals surface area contributed by atoms with E-state index in [4.69, 9.17) is 0 Å². The lowest BCUT2D eigenvalue weighted by Gasteiger charge is -2.35. The highest BCUT2D eigenvalue weighted by molar-refractivity contribution is 5.98. The lowest BCUT2D eigenvalue weighted by Crippen LogP contribution is -2.33. The van der Waals surface area contributed by atoms with Crippen LogP contribution in [0.4, 0.5) is 0 Å². The van der Waals surface area contributed by atoms with Crippen molar-refractivity contribution in [2.75, 3.05) is 0 Å². The second-order valence-corrected chi connectivity index (χ2v) is 4.13. The first-order chi connectivity index (χ1) is 5.64. The van der Waals surface area contributed by atoms with Gasteiger partial charge in [0.05, 0.1) is 0 Å². The second-order valence-electron chi connectivity index (χ2n) is 4.13. The maximum absolute atomic E-state index is 11.5. The van der Waals surface area contributed by atoms with Crippen molar-refractivity contribution in [1.82, 2.24) is 0 Å². The molecule has 0 aromatic carbocycles. The average molecular weight is 162 g/mol. The molecule has 2 unspecified atom stereocenters. The molecule has 1 nitrogen and oxygen atoms in total. The molecule has 0 saturated heterocycles. The molecule has 0 heterocycles. The first kappa shape index (κ1) is 7.78. The quantitative estimate of drug-likeness (QED) is 0.500. The zero-order chi connectivity index (χ0) is 8.77. The molecule has 2 aliphatic rings. The van der Waals surface area contributed by atoms with E-state index >= 15 is 0 Å². The van der Waals surface area contributed by atoms with E-state index in [2.05, 4.69) is 13.5 Å². The molecule has 0 radical (unpaired) electrons. The lowest BCUT2D eigenvalue weighted by atomic mass is 9.67. The van der Waals surface area contributed by atoms with Crippen molar-refractivity contribution in [1.29, 1.82) is 0 Å². The Balaban J connectivity index is 2.37. The van der Waals surface area contributed by atoms with E-state index < -0.39 is 0 Å². The summed E-state index contributed by atoms with van der Waals surface area (Å²) >= 11 is 0. The Labute approximate surface area is 73.2 Å². The summed E-state index contributed by atoms with van der Waals surface area (Å²) in [7, 11) is 0. The molecule has 0 N–H and O–H groups in total. The average Bonchev–Trinajstić information content (AvgIpc) is 2.30. The second kappa shape index (κ2) is 2.32. The summed E-state index contributed by atoms with van der Waals surface area (Å²) in [6.07, 6.45) is 7.02. The van der Waals surface area contributed by atoms with E-state index in [9.17, 15) is 4.79 Å². The smallest absolute Gasteiger partial charge is 0.162 e. The minimum Gasteiger partial charge on any atom is -0.294 e. The fourth-order valence-electron chi connectivity index (χ4n) is 2.44. The van der Waals surface area contributed by atoms with Gasteiger partial charge in [-0.05, 0) is 25.3 Å². The molecule has 0 bridgehead atoms. The zero-order valence-electron chi connectivity index (χ0n) is 7.47. The van der Waals surface area contributed by atoms with Crippen LogP contribution >= 0.6 is 0 Å². The van der Waals surface area contributed by atoms with Crippen LogP contribution in [0.2, 0.25) is 0 Å². The van der Waals surface area contributed by atoms with Crippen LogP contribution in [-0.2, 0) is 4.79 Å². The standard InChI is InChI=1S/C11H14O/c1-8-4-3-7-11(2)9(8)5-6-10(11)12/h5-6,9H,1,3-4,7H2,2H3. The van der Waals surface area contributed by atoms with Crippen LogP contribution in [0.5, 0.6) is 0 Å². The largest absolute Gasteiger partial charge is 0.294 e. The third kappa shape index (κ3) is 0.825. The summed E-state index contributed by atoms with van der Waals surface area (Å²) in [5.41, 5.74) is 1.11. The monoisotopic (exact) mass is 162 g/mol. The van der Waals surface area contributed by atoms with Gasteiger partial charge in [-0.15, -0.1) is 0 Å². The molecule has 0 aromatic rings. The van der Waals surface area contributed by atoms with E-state index in [-0.39, 0.29) is 5.41 Å². The fourth-order valence-corrected chi connectivity index (χ4v) is 2.44. The van der Waals surface area contributed by atoms with Gasteiger partial charge in [-0.3, -0.25) is 4.79 Å². The third-order valence-corrected chi connectivity index (χ3v) is 3.32. The van der Waals surface area contributed by atoms with Crippen molar-refractivity contribution in [2.24, 2.45) is 11.3 Å². The maximum Gasteiger partial charge on any atom is 0.162 e. The minimum absolute atomic E-state index is 0.130. The van der Waals surface area contributed by atoms with Crippen molar-refractivity contribution in [2.45, 2.75) is 26.2 Å². The molecule has 2 rings (SSSR count). The number of rotatable bonds is 0. The zero-order valence-corrected chi connectivity index (χ0v) is 7.47. The van der Waals surface area contributed by atoms with Gasteiger partial charge in [0.1, 0.15) is 0 Å². The van der Waals surface area contributed by atoms with E-state index in [1.54, 1.807) is 6.08 Å². The molecule has 2 aliphatic carbocycles. The Bertz CT molecular complexity index is 275. The molecule has 64 valence electrons. The Hall–Kier alpha value is -0.850. The number of carbonyl (C=O) groups excluding carboxylic acids is 1. The SMILES string of the molecule is C=C1CCCC2(C)C(=O)C=CC12. The summed E-state index contributed by atoms with van der Waals surface area (Å²) in [4.78, 5) is 11.5. The highest BCUT2D eigenvalue weighted by Crippen LogP contribution is 2.48. The summed E-state index contributed by atoms with van der Waals surface area (Å²) in [5.74, 6) is 0.632. The fraction of sp³-hybridized carbons (Fsp3) is 0.545. The van der Waals surface area contributed by atoms with Gasteiger partial charge < -0.3 is 0 Å². The molecule has 0 aliphatic heterocycles. The Morgan fingerprint density at radius 2 is 2.42 bits per heavy atom.